The maximum Gasteiger partial charge on any atom is 0.266 e. The van der Waals surface area contributed by atoms with Crippen molar-refractivity contribution in [3.63, 3.8) is 0 Å². The molecule has 0 spiro atoms. The molecule has 0 bridgehead atoms. The van der Waals surface area contributed by atoms with Crippen LogP contribution in [0.3, 0.4) is 0 Å². The van der Waals surface area contributed by atoms with Crippen molar-refractivity contribution in [2.75, 3.05) is 19.4 Å². The molecule has 0 radical (unpaired) electrons. The number of rotatable bonds is 4. The minimum Gasteiger partial charge on any atom is -0.320 e. The van der Waals surface area contributed by atoms with Crippen LogP contribution in [0.15, 0.2) is 23.0 Å². The van der Waals surface area contributed by atoms with Gasteiger partial charge in [0.25, 0.3) is 11.5 Å². The number of carbonyl (C=O) groups excluding carboxylic acids is 1. The van der Waals surface area contributed by atoms with Gasteiger partial charge >= 0.3 is 0 Å². The molecule has 0 fully saturated rings. The number of nitrogens with zero attached hydrogens (tertiary/aromatic N) is 2. The van der Waals surface area contributed by atoms with Gasteiger partial charge in [0.1, 0.15) is 10.7 Å². The average molecular weight is 411 g/mol. The van der Waals surface area contributed by atoms with Crippen molar-refractivity contribution >= 4 is 56.3 Å². The first kappa shape index (κ1) is 18.8. The summed E-state index contributed by atoms with van der Waals surface area (Å²) in [7, 11) is 3.77. The minimum absolute atomic E-state index is 0.246. The van der Waals surface area contributed by atoms with E-state index in [1.807, 2.05) is 19.0 Å². The molecule has 3 aromatic rings. The minimum atomic E-state index is -0.344. The van der Waals surface area contributed by atoms with Crippen molar-refractivity contribution in [3.8, 4) is 0 Å². The van der Waals surface area contributed by atoms with Gasteiger partial charge in [-0.15, -0.1) is 11.3 Å². The number of aryl methyl sites for hydroxylation is 1. The number of halogens is 2. The van der Waals surface area contributed by atoms with Gasteiger partial charge in [-0.1, -0.05) is 23.2 Å². The fourth-order valence-corrected chi connectivity index (χ4v) is 4.10. The Morgan fingerprint density at radius 3 is 2.73 bits per heavy atom. The second-order valence-corrected chi connectivity index (χ2v) is 7.91. The predicted molar refractivity (Wildman–Crippen MR) is 107 cm³/mol. The first-order valence-corrected chi connectivity index (χ1v) is 9.27. The van der Waals surface area contributed by atoms with E-state index in [1.54, 1.807) is 25.1 Å². The van der Waals surface area contributed by atoms with Gasteiger partial charge in [-0.05, 0) is 44.8 Å². The van der Waals surface area contributed by atoms with E-state index in [4.69, 9.17) is 23.2 Å². The first-order valence-electron chi connectivity index (χ1n) is 7.69. The molecular formula is C17H16Cl2N4O2S. The van der Waals surface area contributed by atoms with Crippen LogP contribution in [0.4, 0.5) is 5.69 Å². The highest BCUT2D eigenvalue weighted by atomic mass is 35.5. The summed E-state index contributed by atoms with van der Waals surface area (Å²) >= 11 is 13.2. The topological polar surface area (TPSA) is 78.1 Å². The van der Waals surface area contributed by atoms with Crippen molar-refractivity contribution in [1.82, 2.24) is 14.9 Å². The lowest BCUT2D eigenvalue weighted by molar-refractivity contribution is 0.103. The lowest BCUT2D eigenvalue weighted by Crippen LogP contribution is -2.18. The molecular weight excluding hydrogens is 395 g/mol. The van der Waals surface area contributed by atoms with Gasteiger partial charge in [0.05, 0.1) is 27.5 Å². The van der Waals surface area contributed by atoms with Crippen molar-refractivity contribution in [2.45, 2.75) is 13.5 Å². The number of aromatic amines is 1. The molecule has 2 N–H and O–H groups in total. The number of thiophene rings is 1. The third kappa shape index (κ3) is 3.76. The fraction of sp³-hybridized carbons (Fsp3) is 0.235. The molecule has 0 aliphatic heterocycles. The Labute approximate surface area is 163 Å². The first-order chi connectivity index (χ1) is 12.3. The summed E-state index contributed by atoms with van der Waals surface area (Å²) in [5.41, 5.74) is 0.801. The van der Waals surface area contributed by atoms with Gasteiger partial charge in [-0.25, -0.2) is 4.98 Å². The second-order valence-electron chi connectivity index (χ2n) is 6.07. The third-order valence-corrected chi connectivity index (χ3v) is 5.43. The number of hydrogen-bond acceptors (Lipinski definition) is 5. The SMILES string of the molecule is Cc1c(C(=O)Nc2ccc(Cl)cc2Cl)sc2nc(CN(C)C)[nH]c(=O)c12. The maximum absolute atomic E-state index is 12.7. The Hall–Kier alpha value is -1.93. The zero-order valence-electron chi connectivity index (χ0n) is 14.3. The molecule has 2 heterocycles. The fourth-order valence-electron chi connectivity index (χ4n) is 2.55. The van der Waals surface area contributed by atoms with Crippen LogP contribution in [0.1, 0.15) is 21.1 Å². The van der Waals surface area contributed by atoms with Crippen LogP contribution in [0.25, 0.3) is 10.2 Å². The van der Waals surface area contributed by atoms with Crippen LogP contribution >= 0.6 is 34.5 Å². The molecule has 0 unspecified atom stereocenters. The smallest absolute Gasteiger partial charge is 0.266 e. The molecule has 9 heteroatoms. The Morgan fingerprint density at radius 2 is 2.08 bits per heavy atom. The zero-order chi connectivity index (χ0) is 19.0. The molecule has 1 amide bonds. The molecule has 26 heavy (non-hydrogen) atoms. The summed E-state index contributed by atoms with van der Waals surface area (Å²) in [6.45, 7) is 2.24. The molecule has 0 saturated carbocycles. The van der Waals surface area contributed by atoms with Gasteiger partial charge in [0.2, 0.25) is 0 Å². The number of hydrogen-bond donors (Lipinski definition) is 2. The van der Waals surface area contributed by atoms with Gasteiger partial charge in [0, 0.05) is 5.02 Å². The molecule has 0 saturated heterocycles. The lowest BCUT2D eigenvalue weighted by Gasteiger charge is -2.07. The number of fused-ring (bicyclic) bond motifs is 1. The van der Waals surface area contributed by atoms with E-state index in [-0.39, 0.29) is 11.5 Å². The Bertz CT molecular complexity index is 1060. The van der Waals surface area contributed by atoms with Crippen LogP contribution in [-0.2, 0) is 6.54 Å². The Morgan fingerprint density at radius 1 is 1.35 bits per heavy atom. The van der Waals surface area contributed by atoms with E-state index in [9.17, 15) is 9.59 Å². The molecule has 0 atom stereocenters. The number of anilines is 1. The predicted octanol–water partition coefficient (Wildman–Crippen LogP) is 3.91. The van der Waals surface area contributed by atoms with Crippen LogP contribution in [0, 0.1) is 6.92 Å². The average Bonchev–Trinajstić information content (AvgIpc) is 2.86. The number of carbonyl (C=O) groups is 1. The Kier molecular flexibility index (Phi) is 5.34. The van der Waals surface area contributed by atoms with E-state index >= 15 is 0 Å². The quantitative estimate of drug-likeness (QED) is 0.683. The van der Waals surface area contributed by atoms with E-state index in [1.165, 1.54) is 11.3 Å². The summed E-state index contributed by atoms with van der Waals surface area (Å²) in [6, 6.07) is 4.82. The van der Waals surface area contributed by atoms with Crippen LogP contribution < -0.4 is 10.9 Å². The lowest BCUT2D eigenvalue weighted by atomic mass is 10.2. The standard InChI is InChI=1S/C17H16Cl2N4O2S/c1-8-13-15(24)21-12(7-23(2)3)22-17(13)26-14(8)16(25)20-11-5-4-9(18)6-10(11)19/h4-6H,7H2,1-3H3,(H,20,25)(H,21,22,24). The van der Waals surface area contributed by atoms with Gasteiger partial charge in [0.15, 0.2) is 0 Å². The summed E-state index contributed by atoms with van der Waals surface area (Å²) in [5.74, 6) is 0.213. The molecule has 3 rings (SSSR count). The summed E-state index contributed by atoms with van der Waals surface area (Å²) < 4.78 is 0. The van der Waals surface area contributed by atoms with Crippen LogP contribution in [0.5, 0.6) is 0 Å². The van der Waals surface area contributed by atoms with Crippen molar-refractivity contribution in [2.24, 2.45) is 0 Å². The largest absolute Gasteiger partial charge is 0.320 e. The van der Waals surface area contributed by atoms with E-state index in [2.05, 4.69) is 15.3 Å². The van der Waals surface area contributed by atoms with E-state index in [0.29, 0.717) is 48.8 Å². The molecule has 136 valence electrons. The summed E-state index contributed by atoms with van der Waals surface area (Å²) in [6.07, 6.45) is 0. The molecule has 1 aromatic carbocycles. The number of aromatic nitrogens is 2. The maximum atomic E-state index is 12.7. The number of amides is 1. The Balaban J connectivity index is 1.99. The van der Waals surface area contributed by atoms with Crippen LogP contribution in [0.2, 0.25) is 10.0 Å². The van der Waals surface area contributed by atoms with E-state index < -0.39 is 0 Å². The number of nitrogens with one attached hydrogen (secondary N) is 2. The van der Waals surface area contributed by atoms with Gasteiger partial charge in [-0.3, -0.25) is 9.59 Å². The normalized spacial score (nSPS) is 11.3. The zero-order valence-corrected chi connectivity index (χ0v) is 16.6. The van der Waals surface area contributed by atoms with Crippen LogP contribution in [-0.4, -0.2) is 34.9 Å². The summed E-state index contributed by atoms with van der Waals surface area (Å²) in [4.78, 5) is 35.2. The van der Waals surface area contributed by atoms with Crippen molar-refractivity contribution in [3.05, 3.63) is 54.9 Å². The molecule has 6 nitrogen and oxygen atoms in total. The van der Waals surface area contributed by atoms with Gasteiger partial charge in [-0.2, -0.15) is 0 Å². The number of benzene rings is 1. The van der Waals surface area contributed by atoms with E-state index in [0.717, 1.165) is 0 Å². The highest BCUT2D eigenvalue weighted by molar-refractivity contribution is 7.20. The molecule has 2 aromatic heterocycles. The monoisotopic (exact) mass is 410 g/mol. The van der Waals surface area contributed by atoms with Crippen molar-refractivity contribution in [1.29, 1.82) is 0 Å². The summed E-state index contributed by atoms with van der Waals surface area (Å²) in [5, 5.41) is 4.01. The van der Waals surface area contributed by atoms with Gasteiger partial charge < -0.3 is 15.2 Å². The molecule has 0 aliphatic rings. The third-order valence-electron chi connectivity index (χ3n) is 3.70. The second kappa shape index (κ2) is 7.36. The number of H-pyrrole nitrogens is 1. The highest BCUT2D eigenvalue weighted by Gasteiger charge is 2.20. The van der Waals surface area contributed by atoms with Crippen molar-refractivity contribution < 1.29 is 4.79 Å². The molecule has 0 aliphatic carbocycles. The highest BCUT2D eigenvalue weighted by Crippen LogP contribution is 2.30.